The summed E-state index contributed by atoms with van der Waals surface area (Å²) in [5.74, 6) is 0.195. The van der Waals surface area contributed by atoms with Crippen molar-refractivity contribution in [1.29, 1.82) is 0 Å². The highest BCUT2D eigenvalue weighted by Gasteiger charge is 2.15. The van der Waals surface area contributed by atoms with Crippen molar-refractivity contribution in [2.75, 3.05) is 46.2 Å². The summed E-state index contributed by atoms with van der Waals surface area (Å²) in [6, 6.07) is 13.7. The molecule has 0 saturated carbocycles. The van der Waals surface area contributed by atoms with E-state index in [1.54, 1.807) is 0 Å². The molecule has 158 valence electrons. The number of fused-ring (bicyclic) bond motifs is 2. The van der Waals surface area contributed by atoms with Crippen LogP contribution >= 0.6 is 15.9 Å². The third-order valence-corrected chi connectivity index (χ3v) is 4.94. The van der Waals surface area contributed by atoms with Gasteiger partial charge in [0.2, 0.25) is 0 Å². The monoisotopic (exact) mass is 466 g/mol. The summed E-state index contributed by atoms with van der Waals surface area (Å²) >= 11 is 3.49. The van der Waals surface area contributed by atoms with Crippen LogP contribution in [-0.2, 0) is 36.9 Å². The van der Waals surface area contributed by atoms with Crippen molar-refractivity contribution in [2.45, 2.75) is 19.3 Å². The minimum absolute atomic E-state index is 0.195. The molecule has 7 heteroatoms. The van der Waals surface area contributed by atoms with Gasteiger partial charge in [0, 0.05) is 15.6 Å². The summed E-state index contributed by atoms with van der Waals surface area (Å²) in [4.78, 5) is 0. The maximum atomic E-state index is 10.6. The van der Waals surface area contributed by atoms with Crippen molar-refractivity contribution in [3.05, 3.63) is 63.6 Å². The highest BCUT2D eigenvalue weighted by Crippen LogP contribution is 2.29. The van der Waals surface area contributed by atoms with E-state index in [1.807, 2.05) is 42.5 Å². The molecule has 29 heavy (non-hydrogen) atoms. The van der Waals surface area contributed by atoms with E-state index in [0.717, 1.165) is 10.0 Å². The molecule has 1 atom stereocenters. The molecule has 3 rings (SSSR count). The van der Waals surface area contributed by atoms with Crippen LogP contribution in [0.15, 0.2) is 46.9 Å². The second-order valence-electron chi connectivity index (χ2n) is 6.64. The third-order valence-electron chi connectivity index (χ3n) is 4.48. The Hall–Kier alpha value is -1.48. The van der Waals surface area contributed by atoms with E-state index in [0.29, 0.717) is 64.0 Å². The van der Waals surface area contributed by atoms with Crippen LogP contribution in [0.4, 0.5) is 0 Å². The molecule has 0 fully saturated rings. The Morgan fingerprint density at radius 3 is 2.03 bits per heavy atom. The second-order valence-corrected chi connectivity index (χ2v) is 7.55. The van der Waals surface area contributed by atoms with Crippen LogP contribution in [0.1, 0.15) is 22.8 Å². The summed E-state index contributed by atoms with van der Waals surface area (Å²) in [6.07, 6.45) is -0.216. The first kappa shape index (κ1) is 22.2. The van der Waals surface area contributed by atoms with Gasteiger partial charge < -0.3 is 28.8 Å². The van der Waals surface area contributed by atoms with Crippen LogP contribution in [0.3, 0.4) is 0 Å². The number of halogens is 1. The van der Waals surface area contributed by atoms with Gasteiger partial charge in [-0.2, -0.15) is 0 Å². The normalized spacial score (nSPS) is 20.5. The molecule has 2 aromatic carbocycles. The quantitative estimate of drug-likeness (QED) is 0.685. The van der Waals surface area contributed by atoms with E-state index in [2.05, 4.69) is 15.9 Å². The molecule has 0 saturated heterocycles. The molecule has 1 N–H and O–H groups in total. The Balaban J connectivity index is 1.70. The Bertz CT molecular complexity index is 740. The van der Waals surface area contributed by atoms with E-state index in [1.165, 1.54) is 0 Å². The van der Waals surface area contributed by atoms with Gasteiger partial charge in [-0.25, -0.2) is 0 Å². The van der Waals surface area contributed by atoms with Crippen molar-refractivity contribution in [2.24, 2.45) is 0 Å². The number of rotatable bonds is 1. The fourth-order valence-electron chi connectivity index (χ4n) is 2.99. The Morgan fingerprint density at radius 2 is 1.34 bits per heavy atom. The number of ether oxygens (including phenoxy) is 5. The van der Waals surface area contributed by atoms with Gasteiger partial charge in [0.1, 0.15) is 11.9 Å². The molecule has 0 amide bonds. The van der Waals surface area contributed by atoms with Crippen LogP contribution < -0.4 is 0 Å². The molecule has 0 radical (unpaired) electrons. The molecule has 0 aliphatic carbocycles. The number of hydrogen-bond acceptors (Lipinski definition) is 6. The predicted octanol–water partition coefficient (Wildman–Crippen LogP) is 3.99. The molecule has 1 heterocycles. The Morgan fingerprint density at radius 1 is 0.759 bits per heavy atom. The summed E-state index contributed by atoms with van der Waals surface area (Å²) in [5, 5.41) is 10.6. The predicted molar refractivity (Wildman–Crippen MR) is 112 cm³/mol. The summed E-state index contributed by atoms with van der Waals surface area (Å²) in [7, 11) is 0. The van der Waals surface area contributed by atoms with Crippen molar-refractivity contribution >= 4 is 15.9 Å². The lowest BCUT2D eigenvalue weighted by molar-refractivity contribution is -0.0511. The molecule has 0 aromatic heterocycles. The Kier molecular flexibility index (Phi) is 9.40. The fourth-order valence-corrected chi connectivity index (χ4v) is 3.55. The first-order chi connectivity index (χ1) is 14.2. The van der Waals surface area contributed by atoms with Gasteiger partial charge in [-0.15, -0.1) is 0 Å². The van der Waals surface area contributed by atoms with Crippen molar-refractivity contribution in [3.63, 3.8) is 0 Å². The number of benzene rings is 2. The van der Waals surface area contributed by atoms with E-state index in [4.69, 9.17) is 23.7 Å². The molecule has 6 nitrogen and oxygen atoms in total. The topological polar surface area (TPSA) is 66.4 Å². The third kappa shape index (κ3) is 7.37. The minimum atomic E-state index is -0.216. The van der Waals surface area contributed by atoms with Gasteiger partial charge in [0.05, 0.1) is 59.5 Å². The van der Waals surface area contributed by atoms with E-state index < -0.39 is 0 Å². The maximum absolute atomic E-state index is 10.6. The first-order valence-corrected chi connectivity index (χ1v) is 10.5. The highest BCUT2D eigenvalue weighted by molar-refractivity contribution is 9.10. The first-order valence-electron chi connectivity index (χ1n) is 9.72. The lowest BCUT2D eigenvalue weighted by Gasteiger charge is -2.19. The smallest absolute Gasteiger partial charge is 0.126 e. The lowest BCUT2D eigenvalue weighted by atomic mass is 10.1. The van der Waals surface area contributed by atoms with E-state index in [9.17, 15) is 5.11 Å². The molecular weight excluding hydrogens is 440 g/mol. The van der Waals surface area contributed by atoms with Gasteiger partial charge in [0.25, 0.3) is 0 Å². The van der Waals surface area contributed by atoms with E-state index >= 15 is 0 Å². The molecule has 0 unspecified atom stereocenters. The molecule has 2 bridgehead atoms. The summed E-state index contributed by atoms with van der Waals surface area (Å²) in [5.41, 5.74) is 2.45. The van der Waals surface area contributed by atoms with Crippen LogP contribution in [-0.4, -0.2) is 51.4 Å². The molecule has 2 aromatic rings. The summed E-state index contributed by atoms with van der Waals surface area (Å²) < 4.78 is 29.5. The van der Waals surface area contributed by atoms with Gasteiger partial charge in [-0.3, -0.25) is 0 Å². The zero-order chi connectivity index (χ0) is 20.3. The zero-order valence-electron chi connectivity index (χ0n) is 16.3. The standard InChI is InChI=1S/C22H27BrO6/c23-20-12-18-14-27-9-8-25-6-7-26-10-11-29-21(17-4-2-1-3-5-17)16-28-15-19(13-20)22(18)24/h1-5,12-13,21,24H,6-11,14-16H2/t21-/m1/s1. The van der Waals surface area contributed by atoms with Crippen LogP contribution in [0.2, 0.25) is 0 Å². The number of phenols is 1. The number of aromatic hydroxyl groups is 1. The summed E-state index contributed by atoms with van der Waals surface area (Å²) in [6.45, 7) is 3.80. The average molecular weight is 467 g/mol. The van der Waals surface area contributed by atoms with Gasteiger partial charge in [0.15, 0.2) is 0 Å². The van der Waals surface area contributed by atoms with Gasteiger partial charge >= 0.3 is 0 Å². The Labute approximate surface area is 179 Å². The average Bonchev–Trinajstić information content (AvgIpc) is 2.73. The van der Waals surface area contributed by atoms with Crippen LogP contribution in [0.25, 0.3) is 0 Å². The number of phenolic OH excluding ortho intramolecular Hbond substituents is 1. The molecule has 0 spiro atoms. The van der Waals surface area contributed by atoms with Crippen molar-refractivity contribution in [1.82, 2.24) is 0 Å². The molecule has 1 aliphatic rings. The largest absolute Gasteiger partial charge is 0.507 e. The van der Waals surface area contributed by atoms with Gasteiger partial charge in [-0.05, 0) is 17.7 Å². The van der Waals surface area contributed by atoms with Crippen molar-refractivity contribution < 1.29 is 28.8 Å². The fraction of sp³-hybridized carbons (Fsp3) is 0.455. The SMILES string of the molecule is Oc1c2cc(Br)cc1COC[C@H](c1ccccc1)OCCOCCOCCOC2. The second kappa shape index (κ2) is 12.3. The zero-order valence-corrected chi connectivity index (χ0v) is 17.9. The van der Waals surface area contributed by atoms with E-state index in [-0.39, 0.29) is 18.5 Å². The van der Waals surface area contributed by atoms with Crippen LogP contribution in [0, 0.1) is 0 Å². The molecular formula is C22H27BrO6. The minimum Gasteiger partial charge on any atom is -0.507 e. The van der Waals surface area contributed by atoms with Crippen molar-refractivity contribution in [3.8, 4) is 5.75 Å². The lowest BCUT2D eigenvalue weighted by Crippen LogP contribution is -2.17. The highest BCUT2D eigenvalue weighted by atomic mass is 79.9. The molecule has 1 aliphatic heterocycles. The number of hydrogen-bond donors (Lipinski definition) is 1. The maximum Gasteiger partial charge on any atom is 0.126 e. The van der Waals surface area contributed by atoms with Gasteiger partial charge in [-0.1, -0.05) is 46.3 Å². The van der Waals surface area contributed by atoms with Crippen LogP contribution in [0.5, 0.6) is 5.75 Å².